The molecule has 1 rings (SSSR count). The summed E-state index contributed by atoms with van der Waals surface area (Å²) in [6.07, 6.45) is 0. The summed E-state index contributed by atoms with van der Waals surface area (Å²) in [5.41, 5.74) is -0.456. The molecule has 0 radical (unpaired) electrons. The van der Waals surface area contributed by atoms with Gasteiger partial charge in [0.05, 0.1) is 12.0 Å². The number of hydroxylamine groups is 2. The van der Waals surface area contributed by atoms with E-state index in [1.165, 1.54) is 0 Å². The van der Waals surface area contributed by atoms with Crippen LogP contribution < -0.4 is 0 Å². The van der Waals surface area contributed by atoms with Crippen LogP contribution in [0.2, 0.25) is 0 Å². The van der Waals surface area contributed by atoms with Crippen molar-refractivity contribution in [1.29, 1.82) is 0 Å². The Bertz CT molecular complexity index is 230. The highest BCUT2D eigenvalue weighted by Gasteiger charge is 2.27. The Labute approximate surface area is 96.9 Å². The van der Waals surface area contributed by atoms with Gasteiger partial charge in [0.15, 0.2) is 0 Å². The van der Waals surface area contributed by atoms with Gasteiger partial charge >= 0.3 is 5.97 Å². The molecule has 0 aliphatic carbocycles. The molecule has 0 atom stereocenters. The summed E-state index contributed by atoms with van der Waals surface area (Å²) in [6, 6.07) is 0. The van der Waals surface area contributed by atoms with Gasteiger partial charge in [-0.25, -0.2) is 4.79 Å². The quantitative estimate of drug-likeness (QED) is 0.745. The van der Waals surface area contributed by atoms with E-state index in [0.717, 1.165) is 13.1 Å². The van der Waals surface area contributed by atoms with Crippen molar-refractivity contribution in [2.45, 2.75) is 20.8 Å². The fraction of sp³-hybridized carbons (Fsp3) is 0.909. The minimum Gasteiger partial charge on any atom is -0.395 e. The Balaban J connectivity index is 2.30. The third-order valence-corrected chi connectivity index (χ3v) is 2.57. The van der Waals surface area contributed by atoms with Crippen molar-refractivity contribution in [3.05, 3.63) is 0 Å². The van der Waals surface area contributed by atoms with Crippen molar-refractivity contribution in [3.63, 3.8) is 0 Å². The summed E-state index contributed by atoms with van der Waals surface area (Å²) in [6.45, 7) is 9.49. The van der Waals surface area contributed by atoms with Crippen molar-refractivity contribution >= 4 is 5.97 Å². The van der Waals surface area contributed by atoms with Gasteiger partial charge in [0.1, 0.15) is 0 Å². The molecule has 1 aliphatic heterocycles. The molecular weight excluding hydrogens is 208 g/mol. The minimum absolute atomic E-state index is 0.182. The normalized spacial score (nSPS) is 19.8. The number of β-amino-alcohol motifs (C(OH)–C–C–N with tert-alkyl or cyclic N) is 1. The van der Waals surface area contributed by atoms with Crippen LogP contribution in [0.5, 0.6) is 0 Å². The average Bonchev–Trinajstić information content (AvgIpc) is 2.20. The second-order valence-corrected chi connectivity index (χ2v) is 5.12. The fourth-order valence-corrected chi connectivity index (χ4v) is 1.44. The monoisotopic (exact) mass is 230 g/mol. The van der Waals surface area contributed by atoms with E-state index < -0.39 is 5.41 Å². The number of nitrogens with zero attached hydrogens (tertiary/aromatic N) is 2. The van der Waals surface area contributed by atoms with Gasteiger partial charge in [0, 0.05) is 32.7 Å². The number of aliphatic hydroxyl groups is 1. The van der Waals surface area contributed by atoms with Crippen LogP contribution in [-0.2, 0) is 9.63 Å². The Morgan fingerprint density at radius 3 is 2.25 bits per heavy atom. The summed E-state index contributed by atoms with van der Waals surface area (Å²) in [5.74, 6) is -0.192. The maximum atomic E-state index is 11.6. The molecule has 16 heavy (non-hydrogen) atoms. The highest BCUT2D eigenvalue weighted by Crippen LogP contribution is 2.16. The second kappa shape index (κ2) is 5.61. The molecule has 0 amide bonds. The topological polar surface area (TPSA) is 53.0 Å². The molecule has 0 saturated carbocycles. The largest absolute Gasteiger partial charge is 0.395 e. The van der Waals surface area contributed by atoms with E-state index in [0.29, 0.717) is 19.6 Å². The first-order valence-electron chi connectivity index (χ1n) is 5.74. The number of hydrogen-bond acceptors (Lipinski definition) is 5. The van der Waals surface area contributed by atoms with Gasteiger partial charge in [-0.05, 0) is 20.8 Å². The molecular formula is C11H22N2O3. The standard InChI is InChI=1S/C11H22N2O3/c1-11(2,3)10(15)16-13-6-4-12(5-7-13)8-9-14/h14H,4-9H2,1-3H3. The molecule has 5 nitrogen and oxygen atoms in total. The number of piperazine rings is 1. The van der Waals surface area contributed by atoms with Gasteiger partial charge in [0.2, 0.25) is 0 Å². The zero-order valence-corrected chi connectivity index (χ0v) is 10.4. The lowest BCUT2D eigenvalue weighted by atomic mass is 9.98. The SMILES string of the molecule is CC(C)(C)C(=O)ON1CCN(CCO)CC1. The molecule has 1 heterocycles. The maximum absolute atomic E-state index is 11.6. The van der Waals surface area contributed by atoms with Crippen molar-refractivity contribution in [1.82, 2.24) is 9.96 Å². The van der Waals surface area contributed by atoms with E-state index in [1.807, 2.05) is 20.8 Å². The van der Waals surface area contributed by atoms with E-state index >= 15 is 0 Å². The predicted octanol–water partition coefficient (Wildman–Crippen LogP) is 0.101. The van der Waals surface area contributed by atoms with Crippen molar-refractivity contribution in [2.75, 3.05) is 39.3 Å². The molecule has 1 saturated heterocycles. The average molecular weight is 230 g/mol. The summed E-state index contributed by atoms with van der Waals surface area (Å²) in [7, 11) is 0. The first-order valence-corrected chi connectivity index (χ1v) is 5.74. The first-order chi connectivity index (χ1) is 7.43. The zero-order chi connectivity index (χ0) is 12.2. The molecule has 0 aromatic rings. The van der Waals surface area contributed by atoms with Crippen molar-refractivity contribution in [3.8, 4) is 0 Å². The van der Waals surface area contributed by atoms with Crippen LogP contribution in [-0.4, -0.2) is 60.4 Å². The van der Waals surface area contributed by atoms with Gasteiger partial charge in [-0.1, -0.05) is 0 Å². The van der Waals surface area contributed by atoms with E-state index in [1.54, 1.807) is 5.06 Å². The van der Waals surface area contributed by atoms with Crippen LogP contribution in [0.1, 0.15) is 20.8 Å². The number of carbonyl (C=O) groups is 1. The van der Waals surface area contributed by atoms with Crippen LogP contribution in [0.25, 0.3) is 0 Å². The van der Waals surface area contributed by atoms with Gasteiger partial charge < -0.3 is 9.94 Å². The van der Waals surface area contributed by atoms with Crippen LogP contribution in [0, 0.1) is 5.41 Å². The van der Waals surface area contributed by atoms with Gasteiger partial charge in [-0.3, -0.25) is 4.90 Å². The molecule has 1 N–H and O–H groups in total. The minimum atomic E-state index is -0.456. The number of aliphatic hydroxyl groups excluding tert-OH is 1. The predicted molar refractivity (Wildman–Crippen MR) is 60.6 cm³/mol. The number of rotatable bonds is 3. The summed E-state index contributed by atoms with van der Waals surface area (Å²) < 4.78 is 0. The van der Waals surface area contributed by atoms with E-state index in [9.17, 15) is 4.79 Å². The highest BCUT2D eigenvalue weighted by atomic mass is 16.7. The molecule has 0 bridgehead atoms. The third-order valence-electron chi connectivity index (χ3n) is 2.57. The van der Waals surface area contributed by atoms with E-state index in [2.05, 4.69) is 4.90 Å². The zero-order valence-electron chi connectivity index (χ0n) is 10.4. The van der Waals surface area contributed by atoms with Gasteiger partial charge in [-0.2, -0.15) is 0 Å². The molecule has 0 unspecified atom stereocenters. The highest BCUT2D eigenvalue weighted by molar-refractivity contribution is 5.75. The molecule has 1 aliphatic rings. The smallest absolute Gasteiger partial charge is 0.330 e. The Kier molecular flexibility index (Phi) is 4.70. The molecule has 0 spiro atoms. The lowest BCUT2D eigenvalue weighted by Gasteiger charge is -2.34. The lowest BCUT2D eigenvalue weighted by Crippen LogP contribution is -2.48. The van der Waals surface area contributed by atoms with Crippen LogP contribution >= 0.6 is 0 Å². The number of hydrogen-bond donors (Lipinski definition) is 1. The van der Waals surface area contributed by atoms with Crippen LogP contribution in [0.3, 0.4) is 0 Å². The summed E-state index contributed by atoms with van der Waals surface area (Å²) in [5, 5.41) is 10.5. The Hall–Kier alpha value is -0.650. The van der Waals surface area contributed by atoms with Crippen molar-refractivity contribution in [2.24, 2.45) is 5.41 Å². The van der Waals surface area contributed by atoms with E-state index in [4.69, 9.17) is 9.94 Å². The molecule has 5 heteroatoms. The summed E-state index contributed by atoms with van der Waals surface area (Å²) >= 11 is 0. The lowest BCUT2D eigenvalue weighted by molar-refractivity contribution is -0.207. The fourth-order valence-electron chi connectivity index (χ4n) is 1.44. The summed E-state index contributed by atoms with van der Waals surface area (Å²) in [4.78, 5) is 19.1. The van der Waals surface area contributed by atoms with E-state index in [-0.39, 0.29) is 12.6 Å². The molecule has 0 aromatic carbocycles. The molecule has 94 valence electrons. The van der Waals surface area contributed by atoms with Crippen LogP contribution in [0.4, 0.5) is 0 Å². The Morgan fingerprint density at radius 2 is 1.81 bits per heavy atom. The molecule has 1 fully saturated rings. The number of carbonyl (C=O) groups excluding carboxylic acids is 1. The van der Waals surface area contributed by atoms with Crippen LogP contribution in [0.15, 0.2) is 0 Å². The third kappa shape index (κ3) is 4.08. The second-order valence-electron chi connectivity index (χ2n) is 5.12. The molecule has 0 aromatic heterocycles. The maximum Gasteiger partial charge on any atom is 0.330 e. The van der Waals surface area contributed by atoms with Gasteiger partial charge in [-0.15, -0.1) is 5.06 Å². The van der Waals surface area contributed by atoms with Crippen molar-refractivity contribution < 1.29 is 14.7 Å². The van der Waals surface area contributed by atoms with Gasteiger partial charge in [0.25, 0.3) is 0 Å². The Morgan fingerprint density at radius 1 is 1.25 bits per heavy atom. The first kappa shape index (κ1) is 13.4.